The number of hydrogen-bond donors (Lipinski definition) is 1. The van der Waals surface area contributed by atoms with Gasteiger partial charge in [-0.3, -0.25) is 0 Å². The highest BCUT2D eigenvalue weighted by Crippen LogP contribution is 2.22. The third-order valence-corrected chi connectivity index (χ3v) is 1.92. The first-order valence-electron chi connectivity index (χ1n) is 4.33. The van der Waals surface area contributed by atoms with E-state index in [9.17, 15) is 0 Å². The van der Waals surface area contributed by atoms with Crippen LogP contribution in [0.1, 0.15) is 12.5 Å². The smallest absolute Gasteiger partial charge is 0.123 e. The molecule has 4 heteroatoms. The molecule has 0 saturated carbocycles. The summed E-state index contributed by atoms with van der Waals surface area (Å²) < 4.78 is 5.45. The van der Waals surface area contributed by atoms with Gasteiger partial charge >= 0.3 is 0 Å². The molecule has 0 radical (unpaired) electrons. The van der Waals surface area contributed by atoms with Crippen LogP contribution in [0.25, 0.3) is 0 Å². The molecule has 0 heterocycles. The SMILES string of the molecule is CCOc1ccc(Cl)cc1CNC.[Cl-]. The molecule has 2 nitrogen and oxygen atoms in total. The molecule has 1 rings (SSSR count). The Morgan fingerprint density at radius 3 is 2.71 bits per heavy atom. The van der Waals surface area contributed by atoms with Gasteiger partial charge in [0, 0.05) is 17.1 Å². The Bertz CT molecular complexity index is 279. The number of hydrogen-bond acceptors (Lipinski definition) is 2. The first kappa shape index (κ1) is 13.6. The van der Waals surface area contributed by atoms with Gasteiger partial charge in [-0.25, -0.2) is 0 Å². The zero-order valence-corrected chi connectivity index (χ0v) is 9.82. The Morgan fingerprint density at radius 2 is 2.14 bits per heavy atom. The maximum absolute atomic E-state index is 5.87. The van der Waals surface area contributed by atoms with Gasteiger partial charge in [0.25, 0.3) is 0 Å². The molecular weight excluding hydrogens is 221 g/mol. The summed E-state index contributed by atoms with van der Waals surface area (Å²) in [7, 11) is 1.90. The van der Waals surface area contributed by atoms with Crippen molar-refractivity contribution in [3.63, 3.8) is 0 Å². The molecule has 0 bridgehead atoms. The Labute approximate surface area is 96.0 Å². The van der Waals surface area contributed by atoms with Gasteiger partial charge in [0.2, 0.25) is 0 Å². The van der Waals surface area contributed by atoms with Gasteiger partial charge in [0.05, 0.1) is 6.61 Å². The van der Waals surface area contributed by atoms with E-state index in [-0.39, 0.29) is 12.4 Å². The molecule has 0 aromatic heterocycles. The van der Waals surface area contributed by atoms with E-state index in [4.69, 9.17) is 16.3 Å². The summed E-state index contributed by atoms with van der Waals surface area (Å²) in [5.74, 6) is 0.904. The number of benzene rings is 1. The first-order chi connectivity index (χ1) is 6.27. The van der Waals surface area contributed by atoms with Crippen LogP contribution in [0.15, 0.2) is 18.2 Å². The number of nitrogens with one attached hydrogen (secondary N) is 1. The van der Waals surface area contributed by atoms with Gasteiger partial charge in [0.15, 0.2) is 0 Å². The minimum Gasteiger partial charge on any atom is -1.00 e. The fourth-order valence-electron chi connectivity index (χ4n) is 1.17. The highest BCUT2D eigenvalue weighted by molar-refractivity contribution is 6.30. The summed E-state index contributed by atoms with van der Waals surface area (Å²) in [6.45, 7) is 3.42. The van der Waals surface area contributed by atoms with Crippen molar-refractivity contribution in [1.29, 1.82) is 0 Å². The molecule has 0 spiro atoms. The van der Waals surface area contributed by atoms with Gasteiger partial charge in [-0.15, -0.1) is 0 Å². The molecule has 1 aromatic rings. The molecule has 1 aromatic carbocycles. The van der Waals surface area contributed by atoms with E-state index in [1.807, 2.05) is 32.2 Å². The van der Waals surface area contributed by atoms with Crippen LogP contribution in [0.2, 0.25) is 5.02 Å². The summed E-state index contributed by atoms with van der Waals surface area (Å²) in [5, 5.41) is 3.82. The van der Waals surface area contributed by atoms with E-state index < -0.39 is 0 Å². The predicted octanol–water partition coefficient (Wildman–Crippen LogP) is -0.538. The van der Waals surface area contributed by atoms with E-state index >= 15 is 0 Å². The van der Waals surface area contributed by atoms with Crippen LogP contribution in [0, 0.1) is 0 Å². The maximum Gasteiger partial charge on any atom is 0.123 e. The van der Waals surface area contributed by atoms with Crippen molar-refractivity contribution in [2.75, 3.05) is 13.7 Å². The molecule has 0 aliphatic heterocycles. The average molecular weight is 235 g/mol. The molecule has 0 fully saturated rings. The summed E-state index contributed by atoms with van der Waals surface area (Å²) in [6, 6.07) is 5.66. The monoisotopic (exact) mass is 234 g/mol. The van der Waals surface area contributed by atoms with Crippen molar-refractivity contribution in [2.24, 2.45) is 0 Å². The third-order valence-electron chi connectivity index (χ3n) is 1.69. The molecule has 0 unspecified atom stereocenters. The molecule has 0 saturated heterocycles. The van der Waals surface area contributed by atoms with Crippen LogP contribution in [-0.2, 0) is 6.54 Å². The van der Waals surface area contributed by atoms with Gasteiger partial charge in [-0.1, -0.05) is 11.6 Å². The highest BCUT2D eigenvalue weighted by Gasteiger charge is 2.02. The van der Waals surface area contributed by atoms with Gasteiger partial charge in [0.1, 0.15) is 5.75 Å². The number of halogens is 2. The van der Waals surface area contributed by atoms with Crippen molar-refractivity contribution < 1.29 is 17.1 Å². The van der Waals surface area contributed by atoms with E-state index in [2.05, 4.69) is 5.32 Å². The van der Waals surface area contributed by atoms with Gasteiger partial charge in [-0.05, 0) is 32.2 Å². The third kappa shape index (κ3) is 3.74. The average Bonchev–Trinajstić information content (AvgIpc) is 2.10. The van der Waals surface area contributed by atoms with E-state index in [1.165, 1.54) is 0 Å². The summed E-state index contributed by atoms with van der Waals surface area (Å²) in [5.41, 5.74) is 1.09. The van der Waals surface area contributed by atoms with Crippen molar-refractivity contribution >= 4 is 11.6 Å². The zero-order valence-electron chi connectivity index (χ0n) is 8.31. The van der Waals surface area contributed by atoms with Crippen molar-refractivity contribution in [3.8, 4) is 5.75 Å². The van der Waals surface area contributed by atoms with Crippen LogP contribution in [-0.4, -0.2) is 13.7 Å². The second kappa shape index (κ2) is 6.93. The minimum absolute atomic E-state index is 0. The standard InChI is InChI=1S/C10H14ClNO.ClH/c1-3-13-10-5-4-9(11)6-8(10)7-12-2;/h4-6,12H,3,7H2,1-2H3;1H/p-1. The normalized spacial score (nSPS) is 9.36. The molecule has 0 atom stereocenters. The van der Waals surface area contributed by atoms with E-state index in [0.717, 1.165) is 22.9 Å². The van der Waals surface area contributed by atoms with Crippen molar-refractivity contribution in [3.05, 3.63) is 28.8 Å². The quantitative estimate of drug-likeness (QED) is 0.757. The fourth-order valence-corrected chi connectivity index (χ4v) is 1.37. The van der Waals surface area contributed by atoms with Crippen LogP contribution >= 0.6 is 11.6 Å². The van der Waals surface area contributed by atoms with Gasteiger partial charge < -0.3 is 22.5 Å². The Kier molecular flexibility index (Phi) is 6.71. The highest BCUT2D eigenvalue weighted by atomic mass is 35.5. The lowest BCUT2D eigenvalue weighted by Crippen LogP contribution is -3.00. The minimum atomic E-state index is 0. The molecule has 80 valence electrons. The Hall–Kier alpha value is -0.440. The van der Waals surface area contributed by atoms with Crippen LogP contribution in [0.4, 0.5) is 0 Å². The lowest BCUT2D eigenvalue weighted by atomic mass is 10.2. The second-order valence-corrected chi connectivity index (χ2v) is 3.15. The first-order valence-corrected chi connectivity index (χ1v) is 4.71. The van der Waals surface area contributed by atoms with E-state index in [1.54, 1.807) is 0 Å². The summed E-state index contributed by atoms with van der Waals surface area (Å²) in [6.07, 6.45) is 0. The lowest BCUT2D eigenvalue weighted by Gasteiger charge is -2.09. The van der Waals surface area contributed by atoms with Crippen LogP contribution < -0.4 is 22.5 Å². The molecular formula is C10H14Cl2NO-. The van der Waals surface area contributed by atoms with Crippen molar-refractivity contribution in [2.45, 2.75) is 13.5 Å². The number of rotatable bonds is 4. The van der Waals surface area contributed by atoms with Crippen LogP contribution in [0.3, 0.4) is 0 Å². The van der Waals surface area contributed by atoms with E-state index in [0.29, 0.717) is 6.61 Å². The lowest BCUT2D eigenvalue weighted by molar-refractivity contribution is -0.00000320. The zero-order chi connectivity index (χ0) is 9.68. The largest absolute Gasteiger partial charge is 1.00 e. The Morgan fingerprint density at radius 1 is 1.43 bits per heavy atom. The summed E-state index contributed by atoms with van der Waals surface area (Å²) >= 11 is 5.87. The maximum atomic E-state index is 5.87. The van der Waals surface area contributed by atoms with Crippen LogP contribution in [0.5, 0.6) is 5.75 Å². The topological polar surface area (TPSA) is 21.3 Å². The van der Waals surface area contributed by atoms with Crippen molar-refractivity contribution in [1.82, 2.24) is 5.32 Å². The fraction of sp³-hybridized carbons (Fsp3) is 0.400. The van der Waals surface area contributed by atoms with Gasteiger partial charge in [-0.2, -0.15) is 0 Å². The second-order valence-electron chi connectivity index (χ2n) is 2.72. The molecule has 0 aliphatic rings. The molecule has 1 N–H and O–H groups in total. The Balaban J connectivity index is 0.00000169. The number of ether oxygens (including phenoxy) is 1. The molecule has 14 heavy (non-hydrogen) atoms. The predicted molar refractivity (Wildman–Crippen MR) is 55.4 cm³/mol. The molecule has 0 amide bonds. The summed E-state index contributed by atoms with van der Waals surface area (Å²) in [4.78, 5) is 0. The molecule has 0 aliphatic carbocycles.